The zero-order valence-corrected chi connectivity index (χ0v) is 15.9. The molecule has 1 saturated carbocycles. The Morgan fingerprint density at radius 2 is 2.10 bits per heavy atom. The third-order valence-corrected chi connectivity index (χ3v) is 5.40. The Morgan fingerprint density at radius 3 is 2.93 bits per heavy atom. The molecule has 0 atom stereocenters. The molecule has 148 valence electrons. The van der Waals surface area contributed by atoms with E-state index in [1.165, 1.54) is 12.4 Å². The SMILES string of the molecule is Fc1ccc2nc(CNc3ncnc4nc[nH]c34)n(-c3cccnc3)c2c1C1CC1. The van der Waals surface area contributed by atoms with E-state index >= 15 is 0 Å². The van der Waals surface area contributed by atoms with Gasteiger partial charge >= 0.3 is 0 Å². The van der Waals surface area contributed by atoms with Crippen LogP contribution in [0.5, 0.6) is 0 Å². The van der Waals surface area contributed by atoms with Crippen LogP contribution in [0.1, 0.15) is 30.1 Å². The zero-order valence-electron chi connectivity index (χ0n) is 15.9. The highest BCUT2D eigenvalue weighted by Crippen LogP contribution is 2.45. The van der Waals surface area contributed by atoms with E-state index < -0.39 is 0 Å². The highest BCUT2D eigenvalue weighted by Gasteiger charge is 2.31. The number of aromatic nitrogens is 7. The summed E-state index contributed by atoms with van der Waals surface area (Å²) < 4.78 is 16.8. The van der Waals surface area contributed by atoms with Crippen LogP contribution in [0, 0.1) is 5.82 Å². The van der Waals surface area contributed by atoms with E-state index in [4.69, 9.17) is 4.98 Å². The van der Waals surface area contributed by atoms with Crippen LogP contribution in [0.15, 0.2) is 49.3 Å². The van der Waals surface area contributed by atoms with Gasteiger partial charge in [-0.05, 0) is 43.0 Å². The quantitative estimate of drug-likeness (QED) is 0.467. The minimum absolute atomic E-state index is 0.176. The summed E-state index contributed by atoms with van der Waals surface area (Å²) in [6.45, 7) is 0.389. The first-order chi connectivity index (χ1) is 14.8. The largest absolute Gasteiger partial charge is 0.361 e. The van der Waals surface area contributed by atoms with Crippen LogP contribution in [-0.2, 0) is 6.54 Å². The molecule has 2 N–H and O–H groups in total. The standard InChI is InChI=1S/C21H17FN8/c22-14-5-6-15-19(17(14)12-3-4-12)30(13-2-1-7-23-8-13)16(29-15)9-24-20-18-21(26-10-25-18)28-11-27-20/h1-2,5-8,10-12H,3-4,9H2,(H2,24,25,26,27,28). The molecule has 1 fully saturated rings. The van der Waals surface area contributed by atoms with Crippen LogP contribution >= 0.6 is 0 Å². The second-order valence-electron chi connectivity index (χ2n) is 7.35. The number of imidazole rings is 2. The Balaban J connectivity index is 1.50. The lowest BCUT2D eigenvalue weighted by atomic mass is 10.1. The number of hydrogen-bond donors (Lipinski definition) is 2. The van der Waals surface area contributed by atoms with Crippen molar-refractivity contribution in [2.24, 2.45) is 0 Å². The van der Waals surface area contributed by atoms with Crippen LogP contribution < -0.4 is 5.32 Å². The molecule has 30 heavy (non-hydrogen) atoms. The van der Waals surface area contributed by atoms with Crippen LogP contribution in [0.25, 0.3) is 27.9 Å². The summed E-state index contributed by atoms with van der Waals surface area (Å²) in [5.41, 5.74) is 4.49. The Kier molecular flexibility index (Phi) is 3.73. The number of rotatable bonds is 5. The van der Waals surface area contributed by atoms with Crippen molar-refractivity contribution in [3.8, 4) is 5.69 Å². The highest BCUT2D eigenvalue weighted by molar-refractivity contribution is 5.84. The average molecular weight is 400 g/mol. The first-order valence-electron chi connectivity index (χ1n) is 9.77. The summed E-state index contributed by atoms with van der Waals surface area (Å²) in [6, 6.07) is 7.08. The van der Waals surface area contributed by atoms with Gasteiger partial charge in [-0.2, -0.15) is 0 Å². The molecule has 5 aromatic rings. The van der Waals surface area contributed by atoms with Gasteiger partial charge < -0.3 is 10.3 Å². The van der Waals surface area contributed by atoms with E-state index in [1.54, 1.807) is 24.8 Å². The molecule has 0 bridgehead atoms. The molecule has 8 nitrogen and oxygen atoms in total. The van der Waals surface area contributed by atoms with E-state index in [9.17, 15) is 4.39 Å². The third-order valence-electron chi connectivity index (χ3n) is 5.40. The van der Waals surface area contributed by atoms with Gasteiger partial charge in [-0.1, -0.05) is 0 Å². The molecule has 0 radical (unpaired) electrons. The fourth-order valence-corrected chi connectivity index (χ4v) is 3.92. The second kappa shape index (κ2) is 6.58. The summed E-state index contributed by atoms with van der Waals surface area (Å²) in [4.78, 5) is 24.8. The number of H-pyrrole nitrogens is 1. The maximum atomic E-state index is 14.8. The van der Waals surface area contributed by atoms with Crippen molar-refractivity contribution in [3.05, 3.63) is 66.5 Å². The first-order valence-corrected chi connectivity index (χ1v) is 9.77. The van der Waals surface area contributed by atoms with Crippen LogP contribution in [0.3, 0.4) is 0 Å². The van der Waals surface area contributed by atoms with Gasteiger partial charge in [0.15, 0.2) is 11.5 Å². The number of aromatic amines is 1. The fraction of sp³-hybridized carbons (Fsp3) is 0.190. The zero-order chi connectivity index (χ0) is 20.1. The van der Waals surface area contributed by atoms with Crippen molar-refractivity contribution in [1.82, 2.24) is 34.5 Å². The molecule has 1 aliphatic rings. The van der Waals surface area contributed by atoms with Crippen LogP contribution in [-0.4, -0.2) is 34.5 Å². The Hall–Kier alpha value is -3.88. The topological polar surface area (TPSA) is 97.2 Å². The maximum Gasteiger partial charge on any atom is 0.182 e. The van der Waals surface area contributed by atoms with E-state index in [2.05, 4.69) is 30.2 Å². The summed E-state index contributed by atoms with van der Waals surface area (Å²) in [5.74, 6) is 1.45. The molecule has 0 amide bonds. The van der Waals surface area contributed by atoms with E-state index in [1.807, 2.05) is 16.7 Å². The Bertz CT molecular complexity index is 1370. The molecule has 0 saturated heterocycles. The predicted molar refractivity (Wildman–Crippen MR) is 110 cm³/mol. The molecule has 1 aliphatic carbocycles. The third kappa shape index (κ3) is 2.70. The molecule has 0 aliphatic heterocycles. The minimum Gasteiger partial charge on any atom is -0.361 e. The van der Waals surface area contributed by atoms with Crippen molar-refractivity contribution >= 4 is 28.0 Å². The van der Waals surface area contributed by atoms with Crippen molar-refractivity contribution < 1.29 is 4.39 Å². The molecule has 0 spiro atoms. The molecule has 4 aromatic heterocycles. The first kappa shape index (κ1) is 17.0. The second-order valence-corrected chi connectivity index (χ2v) is 7.35. The maximum absolute atomic E-state index is 14.8. The van der Waals surface area contributed by atoms with Gasteiger partial charge in [0.1, 0.15) is 23.5 Å². The van der Waals surface area contributed by atoms with Gasteiger partial charge in [-0.15, -0.1) is 0 Å². The summed E-state index contributed by atoms with van der Waals surface area (Å²) in [7, 11) is 0. The Morgan fingerprint density at radius 1 is 1.17 bits per heavy atom. The number of anilines is 1. The Labute approximate surface area is 170 Å². The lowest BCUT2D eigenvalue weighted by Gasteiger charge is -2.12. The van der Waals surface area contributed by atoms with E-state index in [-0.39, 0.29) is 11.7 Å². The fourth-order valence-electron chi connectivity index (χ4n) is 3.92. The predicted octanol–water partition coefficient (Wildman–Crippen LogP) is 3.72. The monoisotopic (exact) mass is 400 g/mol. The molecular formula is C21H17FN8. The number of nitrogens with zero attached hydrogens (tertiary/aromatic N) is 6. The number of pyridine rings is 1. The number of benzene rings is 1. The molecule has 6 rings (SSSR count). The smallest absolute Gasteiger partial charge is 0.182 e. The number of hydrogen-bond acceptors (Lipinski definition) is 6. The average Bonchev–Trinajstić information content (AvgIpc) is 3.36. The van der Waals surface area contributed by atoms with Gasteiger partial charge in [0, 0.05) is 11.8 Å². The van der Waals surface area contributed by atoms with Gasteiger partial charge in [0.2, 0.25) is 0 Å². The normalized spacial score (nSPS) is 13.9. The molecular weight excluding hydrogens is 383 g/mol. The lowest BCUT2D eigenvalue weighted by Crippen LogP contribution is -2.10. The molecule has 1 aromatic carbocycles. The summed E-state index contributed by atoms with van der Waals surface area (Å²) in [6.07, 6.45) is 8.54. The number of fused-ring (bicyclic) bond motifs is 2. The van der Waals surface area contributed by atoms with Crippen LogP contribution in [0.4, 0.5) is 10.2 Å². The van der Waals surface area contributed by atoms with Gasteiger partial charge in [0.05, 0.1) is 35.8 Å². The molecule has 0 unspecified atom stereocenters. The van der Waals surface area contributed by atoms with Gasteiger partial charge in [-0.25, -0.2) is 24.3 Å². The van der Waals surface area contributed by atoms with Gasteiger partial charge in [0.25, 0.3) is 0 Å². The molecule has 4 heterocycles. The van der Waals surface area contributed by atoms with Crippen molar-refractivity contribution in [2.45, 2.75) is 25.3 Å². The van der Waals surface area contributed by atoms with Gasteiger partial charge in [-0.3, -0.25) is 9.55 Å². The van der Waals surface area contributed by atoms with Crippen LogP contribution in [0.2, 0.25) is 0 Å². The highest BCUT2D eigenvalue weighted by atomic mass is 19.1. The van der Waals surface area contributed by atoms with E-state index in [0.29, 0.717) is 18.0 Å². The number of halogens is 1. The minimum atomic E-state index is -0.176. The van der Waals surface area contributed by atoms with Crippen molar-refractivity contribution in [1.29, 1.82) is 0 Å². The van der Waals surface area contributed by atoms with Crippen molar-refractivity contribution in [2.75, 3.05) is 5.32 Å². The summed E-state index contributed by atoms with van der Waals surface area (Å²) >= 11 is 0. The van der Waals surface area contributed by atoms with E-state index in [0.717, 1.165) is 46.5 Å². The number of nitrogens with one attached hydrogen (secondary N) is 2. The summed E-state index contributed by atoms with van der Waals surface area (Å²) in [5, 5.41) is 3.32. The molecule has 9 heteroatoms. The lowest BCUT2D eigenvalue weighted by molar-refractivity contribution is 0.613. The van der Waals surface area contributed by atoms with Crippen molar-refractivity contribution in [3.63, 3.8) is 0 Å².